The fourth-order valence-corrected chi connectivity index (χ4v) is 6.27. The normalized spacial score (nSPS) is 15.8. The lowest BCUT2D eigenvalue weighted by molar-refractivity contribution is -0.113. The van der Waals surface area contributed by atoms with Gasteiger partial charge in [0.25, 0.3) is 5.56 Å². The highest BCUT2D eigenvalue weighted by molar-refractivity contribution is 7.99. The molecule has 0 unspecified atom stereocenters. The van der Waals surface area contributed by atoms with Gasteiger partial charge in [-0.2, -0.15) is 0 Å². The van der Waals surface area contributed by atoms with Gasteiger partial charge >= 0.3 is 0 Å². The fourth-order valence-electron chi connectivity index (χ4n) is 4.52. The molecule has 10 heteroatoms. The van der Waals surface area contributed by atoms with Crippen LogP contribution in [-0.2, 0) is 4.79 Å². The van der Waals surface area contributed by atoms with Crippen molar-refractivity contribution in [2.75, 3.05) is 24.3 Å². The minimum Gasteiger partial charge on any atom is -0.486 e. The molecule has 1 fully saturated rings. The van der Waals surface area contributed by atoms with E-state index in [4.69, 9.17) is 14.5 Å². The van der Waals surface area contributed by atoms with E-state index in [2.05, 4.69) is 10.3 Å². The lowest BCUT2D eigenvalue weighted by Crippen LogP contribution is -2.27. The number of rotatable bonds is 5. The van der Waals surface area contributed by atoms with Crippen LogP contribution >= 0.6 is 23.1 Å². The van der Waals surface area contributed by atoms with Gasteiger partial charge in [-0.3, -0.25) is 14.2 Å². The van der Waals surface area contributed by atoms with Gasteiger partial charge in [0, 0.05) is 18.2 Å². The zero-order valence-corrected chi connectivity index (χ0v) is 19.9. The number of thioether (sulfide) groups is 1. The summed E-state index contributed by atoms with van der Waals surface area (Å²) in [7, 11) is 0. The summed E-state index contributed by atoms with van der Waals surface area (Å²) in [5.74, 6) is 1.31. The third-order valence-corrected chi connectivity index (χ3v) is 7.98. The van der Waals surface area contributed by atoms with E-state index < -0.39 is 0 Å². The first kappa shape index (κ1) is 21.4. The first-order valence-corrected chi connectivity index (χ1v) is 13.1. The van der Waals surface area contributed by atoms with Crippen LogP contribution in [0.15, 0.2) is 46.3 Å². The largest absolute Gasteiger partial charge is 0.486 e. The molecule has 1 saturated carbocycles. The van der Waals surface area contributed by atoms with Crippen LogP contribution in [-0.4, -0.2) is 39.4 Å². The molecule has 8 nitrogen and oxygen atoms in total. The summed E-state index contributed by atoms with van der Waals surface area (Å²) in [5.41, 5.74) is 1.38. The Morgan fingerprint density at radius 1 is 1.09 bits per heavy atom. The third kappa shape index (κ3) is 4.01. The molecule has 1 N–H and O–H groups in total. The Morgan fingerprint density at radius 2 is 1.85 bits per heavy atom. The zero-order valence-electron chi connectivity index (χ0n) is 18.3. The van der Waals surface area contributed by atoms with Crippen molar-refractivity contribution in [3.63, 3.8) is 0 Å². The summed E-state index contributed by atoms with van der Waals surface area (Å²) in [6, 6.07) is 11.3. The number of hydrogen-bond donors (Lipinski definition) is 1. The van der Waals surface area contributed by atoms with Crippen LogP contribution in [0, 0.1) is 0 Å². The molecule has 3 heterocycles. The van der Waals surface area contributed by atoms with Crippen molar-refractivity contribution in [3.05, 3.63) is 46.8 Å². The van der Waals surface area contributed by atoms with Crippen LogP contribution in [0.2, 0.25) is 0 Å². The van der Waals surface area contributed by atoms with Crippen molar-refractivity contribution in [2.45, 2.75) is 36.9 Å². The number of para-hydroxylation sites is 1. The average molecular weight is 495 g/mol. The summed E-state index contributed by atoms with van der Waals surface area (Å²) >= 11 is 2.68. The number of aromatic nitrogens is 3. The molecule has 2 aliphatic rings. The lowest BCUT2D eigenvalue weighted by atomic mass is 10.2. The van der Waals surface area contributed by atoms with Gasteiger partial charge in [-0.15, -0.1) is 0 Å². The number of fused-ring (bicyclic) bond motifs is 3. The molecule has 1 aliphatic heterocycles. The quantitative estimate of drug-likeness (QED) is 0.319. The number of thiazole rings is 1. The zero-order chi connectivity index (χ0) is 23.1. The van der Waals surface area contributed by atoms with Gasteiger partial charge in [-0.05, 0) is 25.0 Å². The highest BCUT2D eigenvalue weighted by Gasteiger charge is 2.23. The second kappa shape index (κ2) is 8.92. The maximum atomic E-state index is 13.3. The lowest BCUT2D eigenvalue weighted by Gasteiger charge is -2.18. The predicted octanol–water partition coefficient (Wildman–Crippen LogP) is 4.62. The van der Waals surface area contributed by atoms with E-state index >= 15 is 0 Å². The number of benzene rings is 2. The summed E-state index contributed by atoms with van der Waals surface area (Å²) in [4.78, 5) is 35.3. The Balaban J connectivity index is 1.22. The van der Waals surface area contributed by atoms with Gasteiger partial charge in [-0.25, -0.2) is 9.97 Å². The molecule has 2 aromatic carbocycles. The molecule has 34 heavy (non-hydrogen) atoms. The van der Waals surface area contributed by atoms with Crippen LogP contribution in [0.4, 0.5) is 5.13 Å². The number of ether oxygens (including phenoxy) is 2. The van der Waals surface area contributed by atoms with Crippen LogP contribution in [0.1, 0.15) is 31.7 Å². The number of hydrogen-bond acceptors (Lipinski definition) is 8. The Morgan fingerprint density at radius 3 is 2.68 bits per heavy atom. The number of nitrogens with zero attached hydrogens (tertiary/aromatic N) is 3. The standard InChI is InChI=1S/C24H22N4O4S2/c29-21(27-23-25-17-11-18-19(12-20(17)34-23)32-10-9-31-18)13-33-24-26-16-8-4-3-7-15(16)22(30)28(24)14-5-1-2-6-14/h3-4,7-8,11-12,14H,1-2,5-6,9-10,13H2,(H,25,27,29). The van der Waals surface area contributed by atoms with Gasteiger partial charge in [0.15, 0.2) is 21.8 Å². The van der Waals surface area contributed by atoms with Gasteiger partial charge in [0.05, 0.1) is 26.9 Å². The molecular formula is C24H22N4O4S2. The Kier molecular flexibility index (Phi) is 5.62. The van der Waals surface area contributed by atoms with E-state index in [1.54, 1.807) is 4.57 Å². The van der Waals surface area contributed by atoms with Gasteiger partial charge in [0.1, 0.15) is 13.2 Å². The molecule has 0 atom stereocenters. The van der Waals surface area contributed by atoms with E-state index in [-0.39, 0.29) is 23.3 Å². The maximum absolute atomic E-state index is 13.3. The fraction of sp³-hybridized carbons (Fsp3) is 0.333. The topological polar surface area (TPSA) is 95.3 Å². The van der Waals surface area contributed by atoms with Gasteiger partial charge in [0.2, 0.25) is 5.91 Å². The Labute approximate surface area is 203 Å². The summed E-state index contributed by atoms with van der Waals surface area (Å²) in [6.07, 6.45) is 4.13. The third-order valence-electron chi connectivity index (χ3n) is 6.10. The second-order valence-corrected chi connectivity index (χ2v) is 10.3. The monoisotopic (exact) mass is 494 g/mol. The van der Waals surface area contributed by atoms with E-state index in [1.807, 2.05) is 36.4 Å². The van der Waals surface area contributed by atoms with E-state index in [0.29, 0.717) is 45.9 Å². The van der Waals surface area contributed by atoms with E-state index in [0.717, 1.165) is 35.9 Å². The van der Waals surface area contributed by atoms with Crippen molar-refractivity contribution >= 4 is 55.3 Å². The molecule has 1 amide bonds. The summed E-state index contributed by atoms with van der Waals surface area (Å²) in [5, 5.41) is 4.61. The molecule has 1 aliphatic carbocycles. The molecule has 0 bridgehead atoms. The molecule has 0 spiro atoms. The number of nitrogens with one attached hydrogen (secondary N) is 1. The molecule has 6 rings (SSSR count). The van der Waals surface area contributed by atoms with Crippen LogP contribution < -0.4 is 20.3 Å². The summed E-state index contributed by atoms with van der Waals surface area (Å²) in [6.45, 7) is 1.03. The van der Waals surface area contributed by atoms with E-state index in [9.17, 15) is 9.59 Å². The smallest absolute Gasteiger partial charge is 0.262 e. The SMILES string of the molecule is O=C(CSc1nc2ccccc2c(=O)n1C1CCCC1)Nc1nc2cc3c(cc2s1)OCCO3. The van der Waals surface area contributed by atoms with Crippen LogP contribution in [0.25, 0.3) is 21.1 Å². The molecule has 0 saturated heterocycles. The number of amides is 1. The van der Waals surface area contributed by atoms with Crippen molar-refractivity contribution in [1.82, 2.24) is 14.5 Å². The molecule has 2 aromatic heterocycles. The second-order valence-electron chi connectivity index (χ2n) is 8.34. The molecule has 174 valence electrons. The highest BCUT2D eigenvalue weighted by atomic mass is 32.2. The minimum absolute atomic E-state index is 0.0278. The average Bonchev–Trinajstić information content (AvgIpc) is 3.51. The van der Waals surface area contributed by atoms with Crippen molar-refractivity contribution in [2.24, 2.45) is 0 Å². The molecular weight excluding hydrogens is 472 g/mol. The Hall–Kier alpha value is -3.11. The van der Waals surface area contributed by atoms with E-state index in [1.165, 1.54) is 23.1 Å². The van der Waals surface area contributed by atoms with Crippen LogP contribution in [0.5, 0.6) is 11.5 Å². The van der Waals surface area contributed by atoms with Crippen molar-refractivity contribution in [1.29, 1.82) is 0 Å². The number of carbonyl (C=O) groups excluding carboxylic acids is 1. The summed E-state index contributed by atoms with van der Waals surface area (Å²) < 4.78 is 14.0. The molecule has 4 aromatic rings. The Bertz CT molecular complexity index is 1420. The van der Waals surface area contributed by atoms with Gasteiger partial charge < -0.3 is 14.8 Å². The van der Waals surface area contributed by atoms with Crippen molar-refractivity contribution < 1.29 is 14.3 Å². The number of carbonyl (C=O) groups is 1. The number of anilines is 1. The first-order chi connectivity index (χ1) is 16.7. The maximum Gasteiger partial charge on any atom is 0.262 e. The van der Waals surface area contributed by atoms with Crippen molar-refractivity contribution in [3.8, 4) is 11.5 Å². The molecule has 0 radical (unpaired) electrons. The first-order valence-electron chi connectivity index (χ1n) is 11.3. The predicted molar refractivity (Wildman–Crippen MR) is 133 cm³/mol. The minimum atomic E-state index is -0.193. The van der Waals surface area contributed by atoms with Crippen LogP contribution in [0.3, 0.4) is 0 Å². The van der Waals surface area contributed by atoms with Gasteiger partial charge in [-0.1, -0.05) is 48.1 Å². The highest BCUT2D eigenvalue weighted by Crippen LogP contribution is 2.38.